The summed E-state index contributed by atoms with van der Waals surface area (Å²) in [5.41, 5.74) is 10.8. The van der Waals surface area contributed by atoms with E-state index in [-0.39, 0.29) is 11.4 Å². The summed E-state index contributed by atoms with van der Waals surface area (Å²) in [6, 6.07) is 0.313. The van der Waals surface area contributed by atoms with Crippen LogP contribution >= 0.6 is 0 Å². The Labute approximate surface area is 89.4 Å². The highest BCUT2D eigenvalue weighted by molar-refractivity contribution is 6.11. The minimum Gasteiger partial charge on any atom is -0.385 e. The van der Waals surface area contributed by atoms with Crippen molar-refractivity contribution in [3.8, 4) is 0 Å². The Kier molecular flexibility index (Phi) is 4.15. The molecule has 0 heterocycles. The Morgan fingerprint density at radius 2 is 1.87 bits per heavy atom. The molecule has 1 rings (SSSR count). The Hall–Kier alpha value is -1.52. The molecule has 0 spiro atoms. The average molecular weight is 210 g/mol. The summed E-state index contributed by atoms with van der Waals surface area (Å²) in [7, 11) is 0. The van der Waals surface area contributed by atoms with Crippen LogP contribution in [0.5, 0.6) is 0 Å². The van der Waals surface area contributed by atoms with E-state index in [4.69, 9.17) is 16.9 Å². The molecule has 0 saturated heterocycles. The fourth-order valence-corrected chi connectivity index (χ4v) is 1.83. The minimum atomic E-state index is -0.661. The van der Waals surface area contributed by atoms with Crippen LogP contribution < -0.4 is 16.8 Å². The van der Waals surface area contributed by atoms with Crippen molar-refractivity contribution in [2.45, 2.75) is 38.1 Å². The van der Waals surface area contributed by atoms with Gasteiger partial charge in [0.1, 0.15) is 5.82 Å². The summed E-state index contributed by atoms with van der Waals surface area (Å²) in [4.78, 5) is 10.9. The number of hydrogen-bond donors (Lipinski definition) is 4. The van der Waals surface area contributed by atoms with E-state index < -0.39 is 5.91 Å². The van der Waals surface area contributed by atoms with Crippen molar-refractivity contribution < 1.29 is 4.79 Å². The van der Waals surface area contributed by atoms with Crippen LogP contribution in [0.1, 0.15) is 32.1 Å². The van der Waals surface area contributed by atoms with Gasteiger partial charge in [0.25, 0.3) is 5.91 Å². The van der Waals surface area contributed by atoms with Crippen LogP contribution in [0.2, 0.25) is 0 Å². The van der Waals surface area contributed by atoms with Crippen molar-refractivity contribution in [3.63, 3.8) is 0 Å². The van der Waals surface area contributed by atoms with Gasteiger partial charge in [-0.15, -0.1) is 0 Å². The topological polar surface area (TPSA) is 105 Å². The first kappa shape index (κ1) is 11.6. The van der Waals surface area contributed by atoms with Gasteiger partial charge in [-0.2, -0.15) is 0 Å². The lowest BCUT2D eigenvalue weighted by Gasteiger charge is -2.24. The van der Waals surface area contributed by atoms with Crippen LogP contribution in [-0.4, -0.2) is 18.2 Å². The van der Waals surface area contributed by atoms with Crippen molar-refractivity contribution in [2.75, 3.05) is 0 Å². The maximum absolute atomic E-state index is 10.9. The fourth-order valence-electron chi connectivity index (χ4n) is 1.83. The van der Waals surface area contributed by atoms with Gasteiger partial charge in [-0.1, -0.05) is 19.3 Å². The highest BCUT2D eigenvalue weighted by Gasteiger charge is 2.15. The quantitative estimate of drug-likeness (QED) is 0.394. The largest absolute Gasteiger partial charge is 0.385 e. The van der Waals surface area contributed by atoms with Gasteiger partial charge in [-0.25, -0.2) is 0 Å². The highest BCUT2D eigenvalue weighted by atomic mass is 16.1. The molecule has 1 amide bonds. The molecule has 0 aromatic rings. The van der Waals surface area contributed by atoms with Gasteiger partial charge in [-0.3, -0.25) is 4.79 Å². The molecule has 5 heteroatoms. The number of nitrogens with one attached hydrogen (secondary N) is 2. The van der Waals surface area contributed by atoms with E-state index in [0.717, 1.165) is 19.1 Å². The molecule has 0 unspecified atom stereocenters. The van der Waals surface area contributed by atoms with E-state index in [1.165, 1.54) is 19.3 Å². The molecule has 84 valence electrons. The SMILES string of the molecule is N=C/C(C(N)=O)=C(/N)NC1CCCCC1. The molecule has 1 saturated carbocycles. The fraction of sp³-hybridized carbons (Fsp3) is 0.600. The number of rotatable bonds is 4. The van der Waals surface area contributed by atoms with Crippen LogP contribution in [0.15, 0.2) is 11.4 Å². The second-order valence-electron chi connectivity index (χ2n) is 3.82. The molecule has 6 N–H and O–H groups in total. The molecule has 15 heavy (non-hydrogen) atoms. The number of hydrogen-bond acceptors (Lipinski definition) is 4. The van der Waals surface area contributed by atoms with Crippen LogP contribution in [0, 0.1) is 5.41 Å². The van der Waals surface area contributed by atoms with Crippen molar-refractivity contribution >= 4 is 12.1 Å². The maximum atomic E-state index is 10.9. The van der Waals surface area contributed by atoms with Crippen molar-refractivity contribution in [1.29, 1.82) is 5.41 Å². The molecule has 1 aliphatic carbocycles. The third-order valence-electron chi connectivity index (χ3n) is 2.66. The van der Waals surface area contributed by atoms with Crippen LogP contribution in [-0.2, 0) is 4.79 Å². The molecule has 0 atom stereocenters. The van der Waals surface area contributed by atoms with E-state index in [2.05, 4.69) is 5.32 Å². The summed E-state index contributed by atoms with van der Waals surface area (Å²) in [5.74, 6) is -0.435. The lowest BCUT2D eigenvalue weighted by molar-refractivity contribution is -0.114. The first-order valence-electron chi connectivity index (χ1n) is 5.21. The zero-order valence-corrected chi connectivity index (χ0v) is 8.75. The van der Waals surface area contributed by atoms with Crippen molar-refractivity contribution in [1.82, 2.24) is 5.32 Å². The minimum absolute atomic E-state index is 0.0561. The second-order valence-corrected chi connectivity index (χ2v) is 3.82. The molecular formula is C10H18N4O. The number of amides is 1. The van der Waals surface area contributed by atoms with Crippen molar-refractivity contribution in [2.24, 2.45) is 11.5 Å². The summed E-state index contributed by atoms with van der Waals surface area (Å²) in [5, 5.41) is 10.1. The van der Waals surface area contributed by atoms with Gasteiger partial charge in [-0.05, 0) is 12.8 Å². The van der Waals surface area contributed by atoms with Gasteiger partial charge >= 0.3 is 0 Å². The molecule has 1 fully saturated rings. The Bertz CT molecular complexity index is 279. The van der Waals surface area contributed by atoms with Crippen molar-refractivity contribution in [3.05, 3.63) is 11.4 Å². The van der Waals surface area contributed by atoms with E-state index >= 15 is 0 Å². The summed E-state index contributed by atoms with van der Waals surface area (Å²) < 4.78 is 0. The van der Waals surface area contributed by atoms with E-state index in [9.17, 15) is 4.79 Å². The van der Waals surface area contributed by atoms with E-state index in [0.29, 0.717) is 6.04 Å². The van der Waals surface area contributed by atoms with Gasteiger partial charge < -0.3 is 22.2 Å². The summed E-state index contributed by atoms with van der Waals surface area (Å²) >= 11 is 0. The number of carbonyl (C=O) groups excluding carboxylic acids is 1. The molecule has 0 bridgehead atoms. The molecule has 0 aromatic carbocycles. The number of carbonyl (C=O) groups is 1. The van der Waals surface area contributed by atoms with E-state index in [1.807, 2.05) is 0 Å². The monoisotopic (exact) mass is 210 g/mol. The summed E-state index contributed by atoms with van der Waals surface area (Å²) in [6.07, 6.45) is 6.64. The predicted octanol–water partition coefficient (Wildman–Crippen LogP) is 0.214. The normalized spacial score (nSPS) is 19.2. The second kappa shape index (κ2) is 5.38. The maximum Gasteiger partial charge on any atom is 0.253 e. The van der Waals surface area contributed by atoms with Crippen LogP contribution in [0.4, 0.5) is 0 Å². The van der Waals surface area contributed by atoms with Crippen LogP contribution in [0.3, 0.4) is 0 Å². The average Bonchev–Trinajstić information content (AvgIpc) is 2.19. The van der Waals surface area contributed by atoms with Gasteiger partial charge in [0, 0.05) is 12.3 Å². The zero-order valence-electron chi connectivity index (χ0n) is 8.75. The molecule has 1 aliphatic rings. The van der Waals surface area contributed by atoms with Gasteiger partial charge in [0.05, 0.1) is 5.57 Å². The standard InChI is InChI=1S/C10H18N4O/c11-6-8(10(13)15)9(12)14-7-4-2-1-3-5-7/h6-7,11,14H,1-5,12H2,(H2,13,15)/b9-8+,11-6?. The molecular weight excluding hydrogens is 192 g/mol. The number of nitrogens with two attached hydrogens (primary N) is 2. The first-order valence-corrected chi connectivity index (χ1v) is 5.21. The molecule has 0 aromatic heterocycles. The third-order valence-corrected chi connectivity index (χ3v) is 2.66. The Balaban J connectivity index is 2.61. The molecule has 0 radical (unpaired) electrons. The number of primary amides is 1. The molecule has 5 nitrogen and oxygen atoms in total. The smallest absolute Gasteiger partial charge is 0.253 e. The molecule has 0 aliphatic heterocycles. The zero-order chi connectivity index (χ0) is 11.3. The Morgan fingerprint density at radius 3 is 2.33 bits per heavy atom. The predicted molar refractivity (Wildman–Crippen MR) is 59.2 cm³/mol. The Morgan fingerprint density at radius 1 is 1.27 bits per heavy atom. The first-order chi connectivity index (χ1) is 7.15. The third kappa shape index (κ3) is 3.27. The van der Waals surface area contributed by atoms with Crippen LogP contribution in [0.25, 0.3) is 0 Å². The summed E-state index contributed by atoms with van der Waals surface area (Å²) in [6.45, 7) is 0. The van der Waals surface area contributed by atoms with Gasteiger partial charge in [0.15, 0.2) is 0 Å². The van der Waals surface area contributed by atoms with E-state index in [1.54, 1.807) is 0 Å². The lowest BCUT2D eigenvalue weighted by atomic mass is 9.95. The van der Waals surface area contributed by atoms with Gasteiger partial charge in [0.2, 0.25) is 0 Å². The highest BCUT2D eigenvalue weighted by Crippen LogP contribution is 2.17. The lowest BCUT2D eigenvalue weighted by Crippen LogP contribution is -2.36.